The number of hydrogen-bond acceptors (Lipinski definition) is 5. The number of piperazine rings is 1. The molecule has 5 nitrogen and oxygen atoms in total. The number of rotatable bonds is 5. The zero-order chi connectivity index (χ0) is 11.2. The van der Waals surface area contributed by atoms with Crippen LogP contribution >= 0.6 is 11.3 Å². The molecular formula is C10H18N4OS. The topological polar surface area (TPSA) is 60.2 Å². The monoisotopic (exact) mass is 242 g/mol. The average molecular weight is 242 g/mol. The Labute approximate surface area is 98.9 Å². The Balaban J connectivity index is 1.59. The van der Waals surface area contributed by atoms with Gasteiger partial charge < -0.3 is 15.6 Å². The van der Waals surface area contributed by atoms with Crippen LogP contribution in [0.4, 0.5) is 0 Å². The molecule has 1 aromatic heterocycles. The molecule has 1 aromatic rings. The van der Waals surface area contributed by atoms with E-state index in [0.717, 1.165) is 51.5 Å². The first kappa shape index (κ1) is 11.8. The second-order valence-corrected chi connectivity index (χ2v) is 4.78. The molecular weight excluding hydrogens is 224 g/mol. The van der Waals surface area contributed by atoms with E-state index >= 15 is 0 Å². The van der Waals surface area contributed by atoms with Gasteiger partial charge in [-0.2, -0.15) is 0 Å². The molecule has 0 atom stereocenters. The molecule has 0 bridgehead atoms. The summed E-state index contributed by atoms with van der Waals surface area (Å²) in [6.45, 7) is 7.27. The van der Waals surface area contributed by atoms with Gasteiger partial charge in [0.05, 0.1) is 0 Å². The largest absolute Gasteiger partial charge is 0.315 e. The molecule has 0 spiro atoms. The molecule has 0 radical (unpaired) electrons. The van der Waals surface area contributed by atoms with E-state index in [1.165, 1.54) is 11.3 Å². The van der Waals surface area contributed by atoms with Gasteiger partial charge in [-0.05, 0) is 0 Å². The van der Waals surface area contributed by atoms with Crippen molar-refractivity contribution in [2.24, 2.45) is 0 Å². The highest BCUT2D eigenvalue weighted by molar-refractivity contribution is 7.07. The smallest absolute Gasteiger partial charge is 0.304 e. The first-order chi connectivity index (χ1) is 7.84. The third kappa shape index (κ3) is 3.71. The predicted octanol–water partition coefficient (Wildman–Crippen LogP) is -0.569. The van der Waals surface area contributed by atoms with Crippen LogP contribution in [0.1, 0.15) is 5.69 Å². The van der Waals surface area contributed by atoms with Gasteiger partial charge in [-0.3, -0.25) is 9.69 Å². The van der Waals surface area contributed by atoms with Crippen LogP contribution in [0, 0.1) is 0 Å². The second-order valence-electron chi connectivity index (χ2n) is 3.94. The molecule has 1 fully saturated rings. The van der Waals surface area contributed by atoms with Crippen molar-refractivity contribution in [3.8, 4) is 0 Å². The summed E-state index contributed by atoms with van der Waals surface area (Å²) in [7, 11) is 0. The van der Waals surface area contributed by atoms with Gasteiger partial charge in [0.1, 0.15) is 0 Å². The van der Waals surface area contributed by atoms with Crippen LogP contribution in [0.2, 0.25) is 0 Å². The molecule has 90 valence electrons. The summed E-state index contributed by atoms with van der Waals surface area (Å²) >= 11 is 1.22. The van der Waals surface area contributed by atoms with E-state index in [-0.39, 0.29) is 4.87 Å². The molecule has 1 aliphatic rings. The summed E-state index contributed by atoms with van der Waals surface area (Å²) in [6.07, 6.45) is 0. The first-order valence-electron chi connectivity index (χ1n) is 5.65. The fourth-order valence-corrected chi connectivity index (χ4v) is 2.38. The molecule has 0 saturated carbocycles. The van der Waals surface area contributed by atoms with Crippen LogP contribution in [0.3, 0.4) is 0 Å². The number of nitrogens with zero attached hydrogens (tertiary/aromatic N) is 1. The summed E-state index contributed by atoms with van der Waals surface area (Å²) in [4.78, 5) is 16.2. The molecule has 1 aliphatic heterocycles. The Bertz CT molecular complexity index is 356. The van der Waals surface area contributed by atoms with Crippen molar-refractivity contribution in [2.75, 3.05) is 39.3 Å². The lowest BCUT2D eigenvalue weighted by atomic mass is 10.3. The third-order valence-electron chi connectivity index (χ3n) is 2.70. The zero-order valence-electron chi connectivity index (χ0n) is 9.29. The van der Waals surface area contributed by atoms with Crippen molar-refractivity contribution < 1.29 is 0 Å². The predicted molar refractivity (Wildman–Crippen MR) is 66.0 cm³/mol. The molecule has 3 N–H and O–H groups in total. The van der Waals surface area contributed by atoms with Crippen LogP contribution in [-0.2, 0) is 6.54 Å². The summed E-state index contributed by atoms with van der Waals surface area (Å²) in [5, 5.41) is 8.55. The van der Waals surface area contributed by atoms with Crippen molar-refractivity contribution in [1.29, 1.82) is 0 Å². The minimum atomic E-state index is 0.0268. The van der Waals surface area contributed by atoms with E-state index in [9.17, 15) is 4.79 Å². The Hall–Kier alpha value is -0.690. The molecule has 6 heteroatoms. The Morgan fingerprint density at radius 2 is 2.25 bits per heavy atom. The van der Waals surface area contributed by atoms with Crippen LogP contribution < -0.4 is 15.5 Å². The van der Waals surface area contributed by atoms with Crippen molar-refractivity contribution in [2.45, 2.75) is 6.54 Å². The van der Waals surface area contributed by atoms with Crippen LogP contribution in [0.5, 0.6) is 0 Å². The Morgan fingerprint density at radius 3 is 2.94 bits per heavy atom. The SMILES string of the molecule is O=c1[nH]c(CNCCN2CCNCC2)cs1. The number of aromatic amines is 1. The summed E-state index contributed by atoms with van der Waals surface area (Å²) in [5.41, 5.74) is 0.982. The van der Waals surface area contributed by atoms with Gasteiger partial charge >= 0.3 is 4.87 Å². The summed E-state index contributed by atoms with van der Waals surface area (Å²) in [5.74, 6) is 0. The maximum atomic E-state index is 10.9. The second kappa shape index (κ2) is 6.15. The average Bonchev–Trinajstić information content (AvgIpc) is 2.72. The number of nitrogens with one attached hydrogen (secondary N) is 3. The lowest BCUT2D eigenvalue weighted by Gasteiger charge is -2.27. The molecule has 1 saturated heterocycles. The van der Waals surface area contributed by atoms with Gasteiger partial charge in [-0.15, -0.1) is 0 Å². The van der Waals surface area contributed by atoms with Gasteiger partial charge in [0, 0.05) is 56.9 Å². The fourth-order valence-electron chi connectivity index (χ4n) is 1.80. The van der Waals surface area contributed by atoms with Gasteiger partial charge in [0.15, 0.2) is 0 Å². The molecule has 0 aliphatic carbocycles. The highest BCUT2D eigenvalue weighted by Crippen LogP contribution is 1.94. The fraction of sp³-hybridized carbons (Fsp3) is 0.700. The summed E-state index contributed by atoms with van der Waals surface area (Å²) < 4.78 is 0. The zero-order valence-corrected chi connectivity index (χ0v) is 10.1. The van der Waals surface area contributed by atoms with Gasteiger partial charge in [-0.25, -0.2) is 0 Å². The standard InChI is InChI=1S/C10H18N4OS/c15-10-13-9(8-16-10)7-12-3-6-14-4-1-11-2-5-14/h8,11-12H,1-7H2,(H,13,15). The molecule has 2 rings (SSSR count). The number of aromatic nitrogens is 1. The highest BCUT2D eigenvalue weighted by Gasteiger charge is 2.07. The van der Waals surface area contributed by atoms with E-state index in [1.807, 2.05) is 5.38 Å². The van der Waals surface area contributed by atoms with Gasteiger partial charge in [0.2, 0.25) is 0 Å². The third-order valence-corrected chi connectivity index (χ3v) is 3.42. The van der Waals surface area contributed by atoms with Crippen LogP contribution in [0.25, 0.3) is 0 Å². The van der Waals surface area contributed by atoms with Gasteiger partial charge in [0.25, 0.3) is 0 Å². The minimum Gasteiger partial charge on any atom is -0.315 e. The van der Waals surface area contributed by atoms with E-state index in [4.69, 9.17) is 0 Å². The Kier molecular flexibility index (Phi) is 4.53. The highest BCUT2D eigenvalue weighted by atomic mass is 32.1. The van der Waals surface area contributed by atoms with Crippen LogP contribution in [0.15, 0.2) is 10.2 Å². The molecule has 0 amide bonds. The lowest BCUT2D eigenvalue weighted by molar-refractivity contribution is 0.241. The van der Waals surface area contributed by atoms with E-state index in [2.05, 4.69) is 20.5 Å². The minimum absolute atomic E-state index is 0.0268. The van der Waals surface area contributed by atoms with Crippen molar-refractivity contribution in [3.05, 3.63) is 20.7 Å². The van der Waals surface area contributed by atoms with E-state index in [0.29, 0.717) is 0 Å². The summed E-state index contributed by atoms with van der Waals surface area (Å²) in [6, 6.07) is 0. The number of hydrogen-bond donors (Lipinski definition) is 3. The van der Waals surface area contributed by atoms with Crippen molar-refractivity contribution in [1.82, 2.24) is 20.5 Å². The van der Waals surface area contributed by atoms with E-state index in [1.54, 1.807) is 0 Å². The lowest BCUT2D eigenvalue weighted by Crippen LogP contribution is -2.45. The molecule has 0 unspecified atom stereocenters. The Morgan fingerprint density at radius 1 is 1.44 bits per heavy atom. The van der Waals surface area contributed by atoms with Crippen molar-refractivity contribution >= 4 is 11.3 Å². The quantitative estimate of drug-likeness (QED) is 0.605. The molecule has 16 heavy (non-hydrogen) atoms. The van der Waals surface area contributed by atoms with Crippen LogP contribution in [-0.4, -0.2) is 49.2 Å². The number of thiazole rings is 1. The van der Waals surface area contributed by atoms with E-state index < -0.39 is 0 Å². The maximum Gasteiger partial charge on any atom is 0.304 e. The first-order valence-corrected chi connectivity index (χ1v) is 6.53. The molecule has 2 heterocycles. The number of H-pyrrole nitrogens is 1. The van der Waals surface area contributed by atoms with Crippen molar-refractivity contribution in [3.63, 3.8) is 0 Å². The molecule has 0 aromatic carbocycles. The van der Waals surface area contributed by atoms with Gasteiger partial charge in [-0.1, -0.05) is 11.3 Å². The maximum absolute atomic E-state index is 10.9. The normalized spacial score (nSPS) is 17.8.